The van der Waals surface area contributed by atoms with Crippen molar-refractivity contribution in [2.24, 2.45) is 10.9 Å². The molecule has 0 aromatic heterocycles. The normalized spacial score (nSPS) is 21.3. The molecule has 0 saturated carbocycles. The van der Waals surface area contributed by atoms with E-state index >= 15 is 0 Å². The van der Waals surface area contributed by atoms with Crippen molar-refractivity contribution < 1.29 is 4.79 Å². The Hall–Kier alpha value is -0.920. The van der Waals surface area contributed by atoms with Gasteiger partial charge < -0.3 is 0 Å². The van der Waals surface area contributed by atoms with Crippen LogP contribution in [0.4, 0.5) is 0 Å². The summed E-state index contributed by atoms with van der Waals surface area (Å²) < 4.78 is 0. The van der Waals surface area contributed by atoms with E-state index in [1.165, 1.54) is 0 Å². The number of nitrogens with zero attached hydrogens (tertiary/aromatic N) is 1. The van der Waals surface area contributed by atoms with Gasteiger partial charge in [0.25, 0.3) is 0 Å². The first kappa shape index (κ1) is 10.2. The molecule has 72 valence electrons. The van der Waals surface area contributed by atoms with E-state index in [0.29, 0.717) is 24.5 Å². The highest BCUT2D eigenvalue weighted by molar-refractivity contribution is 5.89. The molecule has 0 spiro atoms. The molecule has 0 unspecified atom stereocenters. The van der Waals surface area contributed by atoms with Crippen LogP contribution in [0.15, 0.2) is 16.8 Å². The fraction of sp³-hybridized carbons (Fsp3) is 0.636. The van der Waals surface area contributed by atoms with Crippen LogP contribution in [-0.4, -0.2) is 11.5 Å². The third-order valence-corrected chi connectivity index (χ3v) is 2.46. The lowest BCUT2D eigenvalue weighted by Crippen LogP contribution is -2.07. The van der Waals surface area contributed by atoms with Crippen molar-refractivity contribution in [2.45, 2.75) is 40.0 Å². The number of Topliss-reactive ketones (excluding diaryl/α,β-unsaturated/α-hetero) is 1. The van der Waals surface area contributed by atoms with Crippen molar-refractivity contribution in [3.63, 3.8) is 0 Å². The number of allylic oxidation sites excluding steroid dienone is 2. The van der Waals surface area contributed by atoms with Gasteiger partial charge in [0.2, 0.25) is 0 Å². The molecule has 0 bridgehead atoms. The Balaban J connectivity index is 2.39. The minimum atomic E-state index is 0.353. The molecule has 0 aliphatic carbocycles. The van der Waals surface area contributed by atoms with Gasteiger partial charge in [-0.05, 0) is 20.3 Å². The second-order valence-electron chi connectivity index (χ2n) is 3.60. The fourth-order valence-electron chi connectivity index (χ4n) is 1.60. The summed E-state index contributed by atoms with van der Waals surface area (Å²) in [5.74, 6) is 0.765. The summed E-state index contributed by atoms with van der Waals surface area (Å²) in [6, 6.07) is 0. The van der Waals surface area contributed by atoms with Crippen molar-refractivity contribution in [3.8, 4) is 0 Å². The van der Waals surface area contributed by atoms with Gasteiger partial charge in [0.15, 0.2) is 0 Å². The summed E-state index contributed by atoms with van der Waals surface area (Å²) in [6.07, 6.45) is 4.43. The molecule has 0 saturated heterocycles. The van der Waals surface area contributed by atoms with Crippen LogP contribution in [0.5, 0.6) is 0 Å². The first-order valence-electron chi connectivity index (χ1n) is 4.88. The Labute approximate surface area is 79.8 Å². The van der Waals surface area contributed by atoms with Gasteiger partial charge in [-0.15, -0.1) is 0 Å². The second kappa shape index (κ2) is 4.35. The molecule has 1 atom stereocenters. The molecule has 0 aromatic carbocycles. The molecule has 0 amide bonds. The molecule has 0 aromatic rings. The van der Waals surface area contributed by atoms with Crippen LogP contribution in [-0.2, 0) is 4.79 Å². The molecular weight excluding hydrogens is 162 g/mol. The van der Waals surface area contributed by atoms with E-state index in [0.717, 1.165) is 17.8 Å². The summed E-state index contributed by atoms with van der Waals surface area (Å²) in [5.41, 5.74) is 2.24. The quantitative estimate of drug-likeness (QED) is 0.652. The van der Waals surface area contributed by atoms with E-state index in [-0.39, 0.29) is 0 Å². The minimum absolute atomic E-state index is 0.353. The number of hydrogen-bond acceptors (Lipinski definition) is 2. The van der Waals surface area contributed by atoms with Crippen molar-refractivity contribution >= 4 is 11.5 Å². The van der Waals surface area contributed by atoms with Crippen LogP contribution in [0.3, 0.4) is 0 Å². The van der Waals surface area contributed by atoms with Crippen LogP contribution in [0.25, 0.3) is 0 Å². The summed E-state index contributed by atoms with van der Waals surface area (Å²) in [7, 11) is 0. The van der Waals surface area contributed by atoms with Crippen LogP contribution in [0, 0.1) is 5.92 Å². The largest absolute Gasteiger partial charge is 0.300 e. The van der Waals surface area contributed by atoms with Gasteiger partial charge in [0.1, 0.15) is 5.78 Å². The molecule has 1 aliphatic rings. The molecular formula is C11H17NO. The molecule has 2 nitrogen and oxygen atoms in total. The van der Waals surface area contributed by atoms with E-state index in [1.807, 2.05) is 20.8 Å². The predicted octanol–water partition coefficient (Wildman–Crippen LogP) is 2.74. The minimum Gasteiger partial charge on any atom is -0.300 e. The average molecular weight is 179 g/mol. The Kier molecular flexibility index (Phi) is 3.40. The van der Waals surface area contributed by atoms with Crippen molar-refractivity contribution in [1.82, 2.24) is 0 Å². The number of carbonyl (C=O) groups is 1. The van der Waals surface area contributed by atoms with E-state index in [1.54, 1.807) is 0 Å². The van der Waals surface area contributed by atoms with Gasteiger partial charge >= 0.3 is 0 Å². The monoisotopic (exact) mass is 179 g/mol. The molecule has 13 heavy (non-hydrogen) atoms. The van der Waals surface area contributed by atoms with Gasteiger partial charge in [0, 0.05) is 30.2 Å². The Morgan fingerprint density at radius 1 is 1.54 bits per heavy atom. The van der Waals surface area contributed by atoms with E-state index in [2.05, 4.69) is 11.1 Å². The molecule has 1 rings (SSSR count). The van der Waals surface area contributed by atoms with E-state index in [4.69, 9.17) is 0 Å². The lowest BCUT2D eigenvalue weighted by atomic mass is 9.97. The highest BCUT2D eigenvalue weighted by atomic mass is 16.1. The maximum Gasteiger partial charge on any atom is 0.132 e. The smallest absolute Gasteiger partial charge is 0.132 e. The SMILES string of the molecule is CCC(=O)CC[C@@H]1C=C(C)N=C1C. The molecule has 0 N–H and O–H groups in total. The third-order valence-electron chi connectivity index (χ3n) is 2.46. The van der Waals surface area contributed by atoms with Crippen molar-refractivity contribution in [1.29, 1.82) is 0 Å². The van der Waals surface area contributed by atoms with Gasteiger partial charge in [-0.25, -0.2) is 0 Å². The van der Waals surface area contributed by atoms with Crippen LogP contribution in [0.2, 0.25) is 0 Å². The molecule has 1 aliphatic heterocycles. The van der Waals surface area contributed by atoms with Gasteiger partial charge in [0.05, 0.1) is 0 Å². The van der Waals surface area contributed by atoms with E-state index < -0.39 is 0 Å². The first-order chi connectivity index (χ1) is 6.13. The Bertz CT molecular complexity index is 263. The molecule has 2 heteroatoms. The Morgan fingerprint density at radius 3 is 2.69 bits per heavy atom. The summed E-state index contributed by atoms with van der Waals surface area (Å²) in [6.45, 7) is 5.96. The number of hydrogen-bond donors (Lipinski definition) is 0. The zero-order chi connectivity index (χ0) is 9.84. The fourth-order valence-corrected chi connectivity index (χ4v) is 1.60. The lowest BCUT2D eigenvalue weighted by molar-refractivity contribution is -0.118. The molecule has 0 radical (unpaired) electrons. The topological polar surface area (TPSA) is 29.4 Å². The number of carbonyl (C=O) groups excluding carboxylic acids is 1. The van der Waals surface area contributed by atoms with Gasteiger partial charge in [-0.3, -0.25) is 9.79 Å². The van der Waals surface area contributed by atoms with Crippen molar-refractivity contribution in [3.05, 3.63) is 11.8 Å². The summed E-state index contributed by atoms with van der Waals surface area (Å²) in [4.78, 5) is 15.4. The standard InChI is InChI=1S/C11H17NO/c1-4-11(13)6-5-10-7-8(2)12-9(10)3/h7,10H,4-6H2,1-3H3/t10-/m1/s1. The van der Waals surface area contributed by atoms with Crippen LogP contribution < -0.4 is 0 Å². The average Bonchev–Trinajstić information content (AvgIpc) is 2.41. The van der Waals surface area contributed by atoms with Crippen molar-refractivity contribution in [2.75, 3.05) is 0 Å². The first-order valence-corrected chi connectivity index (χ1v) is 4.88. The maximum absolute atomic E-state index is 11.1. The van der Waals surface area contributed by atoms with E-state index in [9.17, 15) is 4.79 Å². The van der Waals surface area contributed by atoms with Gasteiger partial charge in [-0.2, -0.15) is 0 Å². The second-order valence-corrected chi connectivity index (χ2v) is 3.60. The highest BCUT2D eigenvalue weighted by Gasteiger charge is 2.15. The predicted molar refractivity (Wildman–Crippen MR) is 54.9 cm³/mol. The zero-order valence-electron chi connectivity index (χ0n) is 8.63. The molecule has 0 fully saturated rings. The Morgan fingerprint density at radius 2 is 2.23 bits per heavy atom. The van der Waals surface area contributed by atoms with Gasteiger partial charge in [-0.1, -0.05) is 13.0 Å². The number of rotatable bonds is 4. The lowest BCUT2D eigenvalue weighted by Gasteiger charge is -2.06. The van der Waals surface area contributed by atoms with Crippen LogP contribution in [0.1, 0.15) is 40.0 Å². The zero-order valence-corrected chi connectivity index (χ0v) is 8.63. The molecule has 1 heterocycles. The highest BCUT2D eigenvalue weighted by Crippen LogP contribution is 2.21. The number of ketones is 1. The third kappa shape index (κ3) is 2.79. The summed E-state index contributed by atoms with van der Waals surface area (Å²) >= 11 is 0. The maximum atomic E-state index is 11.1. The van der Waals surface area contributed by atoms with Crippen LogP contribution >= 0.6 is 0 Å². The summed E-state index contributed by atoms with van der Waals surface area (Å²) in [5, 5.41) is 0. The number of aliphatic imine (C=N–C) groups is 1.